The molecule has 0 spiro atoms. The van der Waals surface area contributed by atoms with Gasteiger partial charge < -0.3 is 0 Å². The molecule has 0 aromatic heterocycles. The minimum atomic E-state index is -0.596. The van der Waals surface area contributed by atoms with Gasteiger partial charge in [0.2, 0.25) is 0 Å². The average Bonchev–Trinajstić information content (AvgIpc) is 3.15. The molecule has 1 aromatic carbocycles. The molecule has 1 aliphatic heterocycles. The van der Waals surface area contributed by atoms with Gasteiger partial charge in [-0.1, -0.05) is 24.4 Å². The van der Waals surface area contributed by atoms with Crippen LogP contribution in [-0.4, -0.2) is 29.3 Å². The van der Waals surface area contributed by atoms with E-state index in [1.165, 1.54) is 0 Å². The standard InChI is InChI=1S/C16H18BrClFNO/c17-12-6-5-11(14(19)13(12)18)15(21)16(7-1-2-8-16)20-9-3-4-10-20/h5-6H,1-4,7-10H2. The van der Waals surface area contributed by atoms with Crippen LogP contribution < -0.4 is 0 Å². The first-order chi connectivity index (χ1) is 10.1. The maximum Gasteiger partial charge on any atom is 0.186 e. The van der Waals surface area contributed by atoms with Crippen LogP contribution in [0, 0.1) is 5.82 Å². The summed E-state index contributed by atoms with van der Waals surface area (Å²) in [6, 6.07) is 3.22. The van der Waals surface area contributed by atoms with E-state index in [1.54, 1.807) is 12.1 Å². The Labute approximate surface area is 137 Å². The summed E-state index contributed by atoms with van der Waals surface area (Å²) >= 11 is 9.15. The largest absolute Gasteiger partial charge is 0.292 e. The fourth-order valence-corrected chi connectivity index (χ4v) is 4.21. The van der Waals surface area contributed by atoms with Crippen LogP contribution >= 0.6 is 27.5 Å². The van der Waals surface area contributed by atoms with Crippen LogP contribution in [0.3, 0.4) is 0 Å². The Morgan fingerprint density at radius 3 is 2.43 bits per heavy atom. The maximum atomic E-state index is 14.4. The molecular formula is C16H18BrClFNO. The fraction of sp³-hybridized carbons (Fsp3) is 0.562. The van der Waals surface area contributed by atoms with Crippen molar-refractivity contribution < 1.29 is 9.18 Å². The number of benzene rings is 1. The van der Waals surface area contributed by atoms with Gasteiger partial charge >= 0.3 is 0 Å². The van der Waals surface area contributed by atoms with E-state index in [1.807, 2.05) is 0 Å². The Morgan fingerprint density at radius 1 is 1.19 bits per heavy atom. The zero-order chi connectivity index (χ0) is 15.0. The first-order valence-electron chi connectivity index (χ1n) is 7.49. The lowest BCUT2D eigenvalue weighted by molar-refractivity contribution is 0.0622. The van der Waals surface area contributed by atoms with Crippen LogP contribution in [0.25, 0.3) is 0 Å². The lowest BCUT2D eigenvalue weighted by atomic mass is 9.85. The molecule has 21 heavy (non-hydrogen) atoms. The van der Waals surface area contributed by atoms with E-state index in [2.05, 4.69) is 20.8 Å². The molecule has 1 saturated carbocycles. The Bertz CT molecular complexity index is 566. The predicted octanol–water partition coefficient (Wildman–Crippen LogP) is 4.83. The van der Waals surface area contributed by atoms with Crippen LogP contribution in [0.1, 0.15) is 48.9 Å². The second-order valence-corrected chi connectivity index (χ2v) is 7.22. The van der Waals surface area contributed by atoms with Gasteiger partial charge in [-0.05, 0) is 66.8 Å². The molecule has 2 aliphatic rings. The van der Waals surface area contributed by atoms with Gasteiger partial charge in [-0.25, -0.2) is 4.39 Å². The SMILES string of the molecule is O=C(c1ccc(Br)c(Cl)c1F)C1(N2CCCC2)CCCC1. The van der Waals surface area contributed by atoms with Crippen molar-refractivity contribution in [1.29, 1.82) is 0 Å². The van der Waals surface area contributed by atoms with E-state index in [4.69, 9.17) is 11.6 Å². The lowest BCUT2D eigenvalue weighted by Gasteiger charge is -2.37. The fourth-order valence-electron chi connectivity index (χ4n) is 3.74. The van der Waals surface area contributed by atoms with Gasteiger partial charge in [0.15, 0.2) is 11.6 Å². The lowest BCUT2D eigenvalue weighted by Crippen LogP contribution is -2.51. The van der Waals surface area contributed by atoms with Gasteiger partial charge in [0, 0.05) is 4.47 Å². The number of nitrogens with zero attached hydrogens (tertiary/aromatic N) is 1. The summed E-state index contributed by atoms with van der Waals surface area (Å²) in [7, 11) is 0. The number of carbonyl (C=O) groups excluding carboxylic acids is 1. The van der Waals surface area contributed by atoms with Crippen molar-refractivity contribution in [2.75, 3.05) is 13.1 Å². The molecule has 0 atom stereocenters. The molecule has 0 N–H and O–H groups in total. The number of hydrogen-bond acceptors (Lipinski definition) is 2. The molecule has 2 fully saturated rings. The number of Topliss-reactive ketones (excluding diaryl/α,β-unsaturated/α-hetero) is 1. The van der Waals surface area contributed by atoms with Crippen LogP contribution in [0.4, 0.5) is 4.39 Å². The molecule has 114 valence electrons. The molecule has 1 aliphatic carbocycles. The van der Waals surface area contributed by atoms with Crippen molar-refractivity contribution in [3.8, 4) is 0 Å². The maximum absolute atomic E-state index is 14.4. The Hall–Kier alpha value is -0.450. The number of hydrogen-bond donors (Lipinski definition) is 0. The smallest absolute Gasteiger partial charge is 0.186 e. The zero-order valence-corrected chi connectivity index (χ0v) is 14.1. The molecule has 1 heterocycles. The summed E-state index contributed by atoms with van der Waals surface area (Å²) in [5.74, 6) is -0.685. The number of carbonyl (C=O) groups is 1. The number of halogens is 3. The molecule has 0 amide bonds. The van der Waals surface area contributed by atoms with E-state index < -0.39 is 11.4 Å². The number of ketones is 1. The highest BCUT2D eigenvalue weighted by atomic mass is 79.9. The normalized spacial score (nSPS) is 21.9. The highest BCUT2D eigenvalue weighted by Gasteiger charge is 2.47. The van der Waals surface area contributed by atoms with E-state index in [-0.39, 0.29) is 16.4 Å². The van der Waals surface area contributed by atoms with Crippen LogP contribution in [0.5, 0.6) is 0 Å². The molecule has 0 bridgehead atoms. The Balaban J connectivity index is 2.00. The summed E-state index contributed by atoms with van der Waals surface area (Å²) in [6.45, 7) is 1.88. The summed E-state index contributed by atoms with van der Waals surface area (Å²) in [6.07, 6.45) is 5.98. The van der Waals surface area contributed by atoms with Gasteiger partial charge in [0.25, 0.3) is 0 Å². The molecule has 1 aromatic rings. The topological polar surface area (TPSA) is 20.3 Å². The van der Waals surface area contributed by atoms with Crippen LogP contribution in [0.15, 0.2) is 16.6 Å². The van der Waals surface area contributed by atoms with Crippen molar-refractivity contribution in [3.63, 3.8) is 0 Å². The molecule has 1 saturated heterocycles. The van der Waals surface area contributed by atoms with Gasteiger partial charge in [-0.3, -0.25) is 9.69 Å². The molecule has 2 nitrogen and oxygen atoms in total. The van der Waals surface area contributed by atoms with Gasteiger partial charge in [-0.2, -0.15) is 0 Å². The average molecular weight is 375 g/mol. The highest BCUT2D eigenvalue weighted by molar-refractivity contribution is 9.10. The minimum Gasteiger partial charge on any atom is -0.292 e. The zero-order valence-electron chi connectivity index (χ0n) is 11.8. The third-order valence-electron chi connectivity index (χ3n) is 4.84. The third kappa shape index (κ3) is 2.55. The van der Waals surface area contributed by atoms with Crippen molar-refractivity contribution in [1.82, 2.24) is 4.90 Å². The van der Waals surface area contributed by atoms with Crippen LogP contribution in [-0.2, 0) is 0 Å². The quantitative estimate of drug-likeness (QED) is 0.558. The van der Waals surface area contributed by atoms with Gasteiger partial charge in [-0.15, -0.1) is 0 Å². The molecule has 0 unspecified atom stereocenters. The number of rotatable bonds is 3. The Morgan fingerprint density at radius 2 is 1.81 bits per heavy atom. The van der Waals surface area contributed by atoms with Crippen molar-refractivity contribution in [3.05, 3.63) is 33.0 Å². The summed E-state index contributed by atoms with van der Waals surface area (Å²) in [5, 5.41) is -0.00424. The first-order valence-corrected chi connectivity index (χ1v) is 8.67. The summed E-state index contributed by atoms with van der Waals surface area (Å²) < 4.78 is 14.9. The van der Waals surface area contributed by atoms with E-state index in [0.29, 0.717) is 4.47 Å². The summed E-state index contributed by atoms with van der Waals surface area (Å²) in [4.78, 5) is 15.4. The van der Waals surface area contributed by atoms with E-state index >= 15 is 0 Å². The summed E-state index contributed by atoms with van der Waals surface area (Å²) in [5.41, 5.74) is -0.369. The predicted molar refractivity (Wildman–Crippen MR) is 85.4 cm³/mol. The second-order valence-electron chi connectivity index (χ2n) is 5.98. The van der Waals surface area contributed by atoms with Crippen LogP contribution in [0.2, 0.25) is 5.02 Å². The first kappa shape index (κ1) is 15.4. The van der Waals surface area contributed by atoms with Gasteiger partial charge in [0.1, 0.15) is 0 Å². The molecular weight excluding hydrogens is 357 g/mol. The Kier molecular flexibility index (Phi) is 4.40. The molecule has 0 radical (unpaired) electrons. The van der Waals surface area contributed by atoms with E-state index in [0.717, 1.165) is 51.6 Å². The monoisotopic (exact) mass is 373 g/mol. The van der Waals surface area contributed by atoms with Crippen molar-refractivity contribution in [2.45, 2.75) is 44.1 Å². The molecule has 3 rings (SSSR count). The van der Waals surface area contributed by atoms with Gasteiger partial charge in [0.05, 0.1) is 16.1 Å². The number of likely N-dealkylation sites (tertiary alicyclic amines) is 1. The van der Waals surface area contributed by atoms with Crippen molar-refractivity contribution in [2.24, 2.45) is 0 Å². The molecule has 5 heteroatoms. The highest BCUT2D eigenvalue weighted by Crippen LogP contribution is 2.41. The third-order valence-corrected chi connectivity index (χ3v) is 6.10. The van der Waals surface area contributed by atoms with Crippen molar-refractivity contribution >= 4 is 33.3 Å². The van der Waals surface area contributed by atoms with E-state index in [9.17, 15) is 9.18 Å². The minimum absolute atomic E-state index is 0.00424. The second kappa shape index (κ2) is 5.98.